The molecular weight excluding hydrogens is 546 g/mol. The summed E-state index contributed by atoms with van der Waals surface area (Å²) in [6.07, 6.45) is -2.96. The SMILES string of the molecule is CCC1(O)CC(OC2CC(N(C)C)C(O)C(C)O2)c2c(cc3c(c2O)C(=O)c2c(OC)cccc2C3=O)C1C(=O)OC. The monoisotopic (exact) mass is 583 g/mol. The lowest BCUT2D eigenvalue weighted by molar-refractivity contribution is -0.258. The number of carbonyl (C=O) groups is 3. The Morgan fingerprint density at radius 1 is 1.14 bits per heavy atom. The van der Waals surface area contributed by atoms with Gasteiger partial charge in [-0.3, -0.25) is 14.4 Å². The summed E-state index contributed by atoms with van der Waals surface area (Å²) < 4.78 is 22.8. The first-order valence-electron chi connectivity index (χ1n) is 14.0. The summed E-state index contributed by atoms with van der Waals surface area (Å²) in [4.78, 5) is 42.6. The lowest BCUT2D eigenvalue weighted by atomic mass is 9.67. The van der Waals surface area contributed by atoms with Crippen molar-refractivity contribution in [2.24, 2.45) is 0 Å². The van der Waals surface area contributed by atoms with Crippen molar-refractivity contribution < 1.29 is 48.7 Å². The zero-order valence-corrected chi connectivity index (χ0v) is 24.5. The first-order valence-corrected chi connectivity index (χ1v) is 14.0. The van der Waals surface area contributed by atoms with Crippen molar-refractivity contribution in [2.45, 2.75) is 75.3 Å². The number of rotatable bonds is 6. The molecule has 1 saturated heterocycles. The van der Waals surface area contributed by atoms with Crippen molar-refractivity contribution >= 4 is 17.5 Å². The molecule has 0 aromatic heterocycles. The fourth-order valence-electron chi connectivity index (χ4n) is 6.66. The second kappa shape index (κ2) is 11.1. The number of hydrogen-bond donors (Lipinski definition) is 3. The molecule has 0 spiro atoms. The summed E-state index contributed by atoms with van der Waals surface area (Å²) >= 11 is 0. The Morgan fingerprint density at radius 2 is 1.86 bits per heavy atom. The summed E-state index contributed by atoms with van der Waals surface area (Å²) in [5, 5.41) is 34.3. The molecule has 7 atom stereocenters. The average Bonchev–Trinajstić information content (AvgIpc) is 2.96. The highest BCUT2D eigenvalue weighted by Crippen LogP contribution is 2.54. The van der Waals surface area contributed by atoms with Crippen LogP contribution < -0.4 is 4.74 Å². The molecule has 1 heterocycles. The maximum absolute atomic E-state index is 13.9. The van der Waals surface area contributed by atoms with Gasteiger partial charge in [0.05, 0.1) is 49.3 Å². The Morgan fingerprint density at radius 3 is 2.48 bits per heavy atom. The van der Waals surface area contributed by atoms with Crippen molar-refractivity contribution in [3.8, 4) is 11.5 Å². The number of fused-ring (bicyclic) bond motifs is 3. The van der Waals surface area contributed by atoms with Crippen LogP contribution >= 0.6 is 0 Å². The van der Waals surface area contributed by atoms with Crippen molar-refractivity contribution in [3.05, 3.63) is 57.6 Å². The Labute approximate surface area is 243 Å². The van der Waals surface area contributed by atoms with Gasteiger partial charge in [0.25, 0.3) is 0 Å². The number of phenolic OH excluding ortho intramolecular Hbond substituents is 1. The van der Waals surface area contributed by atoms with Gasteiger partial charge in [-0.15, -0.1) is 0 Å². The summed E-state index contributed by atoms with van der Waals surface area (Å²) in [7, 11) is 6.25. The van der Waals surface area contributed by atoms with Gasteiger partial charge in [-0.25, -0.2) is 0 Å². The smallest absolute Gasteiger partial charge is 0.316 e. The van der Waals surface area contributed by atoms with Gasteiger partial charge in [0, 0.05) is 35.6 Å². The molecule has 226 valence electrons. The minimum Gasteiger partial charge on any atom is -0.507 e. The Kier molecular flexibility index (Phi) is 7.92. The fraction of sp³-hybridized carbons (Fsp3) is 0.516. The molecule has 2 aromatic rings. The maximum atomic E-state index is 13.9. The molecule has 11 nitrogen and oxygen atoms in total. The molecular formula is C31H37NO10. The molecule has 2 aromatic carbocycles. The highest BCUT2D eigenvalue weighted by molar-refractivity contribution is 6.30. The molecule has 7 unspecified atom stereocenters. The normalized spacial score (nSPS) is 30.4. The molecule has 42 heavy (non-hydrogen) atoms. The number of ketones is 2. The topological polar surface area (TPSA) is 152 Å². The third-order valence-electron chi connectivity index (χ3n) is 8.97. The van der Waals surface area contributed by atoms with Crippen LogP contribution in [0.15, 0.2) is 24.3 Å². The van der Waals surface area contributed by atoms with Crippen LogP contribution in [0.5, 0.6) is 11.5 Å². The van der Waals surface area contributed by atoms with E-state index in [1.807, 2.05) is 19.0 Å². The number of nitrogens with zero attached hydrogens (tertiary/aromatic N) is 1. The van der Waals surface area contributed by atoms with Gasteiger partial charge < -0.3 is 39.2 Å². The number of aliphatic hydroxyl groups excluding tert-OH is 1. The first kappa shape index (κ1) is 30.1. The van der Waals surface area contributed by atoms with Gasteiger partial charge in [-0.2, -0.15) is 0 Å². The van der Waals surface area contributed by atoms with E-state index >= 15 is 0 Å². The number of likely N-dealkylation sites (N-methyl/N-ethyl adjacent to an activating group) is 1. The minimum atomic E-state index is -1.67. The van der Waals surface area contributed by atoms with E-state index in [1.165, 1.54) is 26.4 Å². The minimum absolute atomic E-state index is 0.0304. The molecule has 5 rings (SSSR count). The van der Waals surface area contributed by atoms with Gasteiger partial charge in [0.2, 0.25) is 5.78 Å². The number of aliphatic hydroxyl groups is 2. The van der Waals surface area contributed by atoms with Crippen LogP contribution in [0.1, 0.15) is 88.1 Å². The highest BCUT2D eigenvalue weighted by atomic mass is 16.7. The predicted octanol–water partition coefficient (Wildman–Crippen LogP) is 2.46. The van der Waals surface area contributed by atoms with Crippen LogP contribution in [0.2, 0.25) is 0 Å². The van der Waals surface area contributed by atoms with Crippen LogP contribution in [0.3, 0.4) is 0 Å². The molecule has 0 saturated carbocycles. The van der Waals surface area contributed by atoms with E-state index in [0.717, 1.165) is 0 Å². The summed E-state index contributed by atoms with van der Waals surface area (Å²) in [5.74, 6) is -3.49. The second-order valence-electron chi connectivity index (χ2n) is 11.5. The van der Waals surface area contributed by atoms with E-state index in [4.69, 9.17) is 18.9 Å². The molecule has 0 radical (unpaired) electrons. The Hall–Kier alpha value is -3.35. The zero-order chi connectivity index (χ0) is 30.7. The lowest BCUT2D eigenvalue weighted by Crippen LogP contribution is -2.54. The van der Waals surface area contributed by atoms with E-state index in [9.17, 15) is 29.7 Å². The first-order chi connectivity index (χ1) is 19.9. The number of methoxy groups -OCH3 is 2. The standard InChI is InChI=1S/C31H37NO10/c1-7-31(38)13-20(42-21-12-18(32(3)4)26(33)14(2)41-21)23-16(25(31)30(37)40-6)11-17-24(29(23)36)28(35)22-15(27(17)34)9-8-10-19(22)39-5/h8-11,14,18,20-21,25-26,33,36,38H,7,12-13H2,1-6H3. The summed E-state index contributed by atoms with van der Waals surface area (Å²) in [5.41, 5.74) is -1.62. The van der Waals surface area contributed by atoms with Gasteiger partial charge in [0.1, 0.15) is 17.4 Å². The number of esters is 1. The number of carbonyl (C=O) groups excluding carboxylic acids is 3. The van der Waals surface area contributed by atoms with E-state index in [-0.39, 0.29) is 64.4 Å². The molecule has 0 amide bonds. The van der Waals surface area contributed by atoms with E-state index in [2.05, 4.69) is 0 Å². The number of ether oxygens (including phenoxy) is 4. The van der Waals surface area contributed by atoms with E-state index in [1.54, 1.807) is 26.0 Å². The molecule has 11 heteroatoms. The van der Waals surface area contributed by atoms with Crippen LogP contribution in [0, 0.1) is 0 Å². The second-order valence-corrected chi connectivity index (χ2v) is 11.5. The molecule has 2 aliphatic carbocycles. The highest BCUT2D eigenvalue weighted by Gasteiger charge is 2.53. The molecule has 3 aliphatic rings. The molecule has 1 fully saturated rings. The van der Waals surface area contributed by atoms with E-state index in [0.29, 0.717) is 0 Å². The summed E-state index contributed by atoms with van der Waals surface area (Å²) in [6, 6.07) is 5.74. The Bertz CT molecular complexity index is 1440. The summed E-state index contributed by atoms with van der Waals surface area (Å²) in [6.45, 7) is 3.44. The van der Waals surface area contributed by atoms with Crippen LogP contribution in [0.25, 0.3) is 0 Å². The van der Waals surface area contributed by atoms with Crippen LogP contribution in [0.4, 0.5) is 0 Å². The predicted molar refractivity (Wildman–Crippen MR) is 149 cm³/mol. The number of phenols is 1. The quantitative estimate of drug-likeness (QED) is 0.367. The van der Waals surface area contributed by atoms with Gasteiger partial charge in [-0.05, 0) is 45.1 Å². The van der Waals surface area contributed by atoms with Crippen molar-refractivity contribution in [3.63, 3.8) is 0 Å². The third kappa shape index (κ3) is 4.60. The van der Waals surface area contributed by atoms with Gasteiger partial charge in [0.15, 0.2) is 12.1 Å². The Balaban J connectivity index is 1.69. The maximum Gasteiger partial charge on any atom is 0.316 e. The van der Waals surface area contributed by atoms with Crippen molar-refractivity contribution in [1.82, 2.24) is 4.90 Å². The van der Waals surface area contributed by atoms with E-state index < -0.39 is 59.4 Å². The number of aromatic hydroxyl groups is 1. The van der Waals surface area contributed by atoms with Gasteiger partial charge in [-0.1, -0.05) is 19.1 Å². The van der Waals surface area contributed by atoms with Crippen LogP contribution in [-0.2, 0) is 19.0 Å². The number of hydrogen-bond acceptors (Lipinski definition) is 11. The third-order valence-corrected chi connectivity index (χ3v) is 8.97. The average molecular weight is 584 g/mol. The largest absolute Gasteiger partial charge is 0.507 e. The van der Waals surface area contributed by atoms with Crippen LogP contribution in [-0.4, -0.2) is 96.2 Å². The zero-order valence-electron chi connectivity index (χ0n) is 24.5. The lowest BCUT2D eigenvalue weighted by Gasteiger charge is -2.46. The fourth-order valence-corrected chi connectivity index (χ4v) is 6.66. The van der Waals surface area contributed by atoms with Crippen molar-refractivity contribution in [1.29, 1.82) is 0 Å². The molecule has 0 bridgehead atoms. The van der Waals surface area contributed by atoms with Crippen molar-refractivity contribution in [2.75, 3.05) is 28.3 Å². The molecule has 1 aliphatic heterocycles. The number of benzene rings is 2. The molecule has 3 N–H and O–H groups in total. The van der Waals surface area contributed by atoms with Gasteiger partial charge >= 0.3 is 5.97 Å².